The third-order valence-corrected chi connectivity index (χ3v) is 4.47. The lowest BCUT2D eigenvalue weighted by Crippen LogP contribution is -2.25. The predicted molar refractivity (Wildman–Crippen MR) is 109 cm³/mol. The molecule has 29 heavy (non-hydrogen) atoms. The average Bonchev–Trinajstić information content (AvgIpc) is 2.99. The molecule has 148 valence electrons. The van der Waals surface area contributed by atoms with Crippen LogP contribution in [0.2, 0.25) is 0 Å². The molecule has 0 aliphatic heterocycles. The molecule has 0 saturated carbocycles. The van der Waals surface area contributed by atoms with Gasteiger partial charge in [-0.2, -0.15) is 0 Å². The van der Waals surface area contributed by atoms with Gasteiger partial charge in [-0.3, -0.25) is 9.59 Å². The van der Waals surface area contributed by atoms with Crippen molar-refractivity contribution in [2.24, 2.45) is 0 Å². The molecule has 0 unspecified atom stereocenters. The molecule has 0 spiro atoms. The lowest BCUT2D eigenvalue weighted by Gasteiger charge is -2.19. The molecule has 5 nitrogen and oxygen atoms in total. The van der Waals surface area contributed by atoms with E-state index < -0.39 is 11.6 Å². The van der Waals surface area contributed by atoms with Gasteiger partial charge in [0.2, 0.25) is 5.43 Å². The van der Waals surface area contributed by atoms with Crippen LogP contribution in [0, 0.1) is 5.82 Å². The number of ether oxygens (including phenoxy) is 1. The maximum absolute atomic E-state index is 13.4. The molecule has 0 fully saturated rings. The van der Waals surface area contributed by atoms with Crippen molar-refractivity contribution in [2.75, 3.05) is 0 Å². The maximum Gasteiger partial charge on any atom is 0.312 e. The molecule has 2 aromatic carbocycles. The Hall–Kier alpha value is -3.41. The molecule has 0 saturated heterocycles. The Morgan fingerprint density at radius 3 is 2.48 bits per heavy atom. The van der Waals surface area contributed by atoms with Gasteiger partial charge in [0.1, 0.15) is 17.0 Å². The second-order valence-corrected chi connectivity index (χ2v) is 7.88. The molecule has 0 aliphatic rings. The van der Waals surface area contributed by atoms with Crippen LogP contribution in [0.15, 0.2) is 57.7 Å². The van der Waals surface area contributed by atoms with Crippen LogP contribution in [0.4, 0.5) is 4.39 Å². The molecule has 2 heterocycles. The van der Waals surface area contributed by atoms with E-state index in [0.29, 0.717) is 38.9 Å². The van der Waals surface area contributed by atoms with Gasteiger partial charge in [0.05, 0.1) is 28.6 Å². The van der Waals surface area contributed by atoms with Crippen molar-refractivity contribution in [3.8, 4) is 11.3 Å². The summed E-state index contributed by atoms with van der Waals surface area (Å²) in [5.74, 6) is -0.821. The minimum absolute atomic E-state index is 0.0871. The number of carbonyl (C=O) groups excluding carboxylic acids is 1. The maximum atomic E-state index is 13.4. The van der Waals surface area contributed by atoms with E-state index in [4.69, 9.17) is 9.15 Å². The van der Waals surface area contributed by atoms with E-state index in [9.17, 15) is 14.0 Å². The molecule has 0 radical (unpaired) electrons. The molecule has 0 atom stereocenters. The molecular formula is C23H20FNO4. The summed E-state index contributed by atoms with van der Waals surface area (Å²) in [7, 11) is 0. The number of nitrogens with one attached hydrogen (secondary N) is 1. The van der Waals surface area contributed by atoms with Gasteiger partial charge in [0.15, 0.2) is 5.58 Å². The van der Waals surface area contributed by atoms with Crippen LogP contribution in [0.3, 0.4) is 0 Å². The zero-order valence-electron chi connectivity index (χ0n) is 16.3. The summed E-state index contributed by atoms with van der Waals surface area (Å²) in [6.07, 6.45) is -0.0871. The van der Waals surface area contributed by atoms with E-state index in [0.717, 1.165) is 0 Å². The first-order chi connectivity index (χ1) is 13.7. The largest absolute Gasteiger partial charge is 0.460 e. The minimum atomic E-state index is -0.632. The van der Waals surface area contributed by atoms with Crippen LogP contribution < -0.4 is 5.43 Å². The summed E-state index contributed by atoms with van der Waals surface area (Å²) >= 11 is 0. The fraction of sp³-hybridized carbons (Fsp3) is 0.217. The number of para-hydroxylation sites is 1. The highest BCUT2D eigenvalue weighted by Crippen LogP contribution is 2.31. The smallest absolute Gasteiger partial charge is 0.312 e. The summed E-state index contributed by atoms with van der Waals surface area (Å²) in [6.45, 7) is 5.36. The van der Waals surface area contributed by atoms with E-state index in [1.54, 1.807) is 57.2 Å². The van der Waals surface area contributed by atoms with Gasteiger partial charge in [0, 0.05) is 0 Å². The lowest BCUT2D eigenvalue weighted by molar-refractivity contribution is -0.153. The van der Waals surface area contributed by atoms with E-state index in [1.165, 1.54) is 12.1 Å². The number of hydrogen-bond donors (Lipinski definition) is 1. The SMILES string of the molecule is CC(C)(C)OC(=O)Cc1[nH]c(-c2ccc(F)cc2)c2c(=O)c3ccccc3oc12. The van der Waals surface area contributed by atoms with Crippen molar-refractivity contribution in [1.82, 2.24) is 4.98 Å². The van der Waals surface area contributed by atoms with Crippen molar-refractivity contribution < 1.29 is 18.3 Å². The molecule has 0 bridgehead atoms. The number of esters is 1. The van der Waals surface area contributed by atoms with Gasteiger partial charge >= 0.3 is 5.97 Å². The minimum Gasteiger partial charge on any atom is -0.460 e. The first kappa shape index (κ1) is 18.9. The number of halogens is 1. The van der Waals surface area contributed by atoms with Crippen molar-refractivity contribution >= 4 is 27.9 Å². The second-order valence-electron chi connectivity index (χ2n) is 7.88. The van der Waals surface area contributed by atoms with Crippen molar-refractivity contribution in [2.45, 2.75) is 32.8 Å². The third-order valence-electron chi connectivity index (χ3n) is 4.47. The zero-order chi connectivity index (χ0) is 20.8. The van der Waals surface area contributed by atoms with Gasteiger partial charge in [-0.15, -0.1) is 0 Å². The summed E-state index contributed by atoms with van der Waals surface area (Å²) in [4.78, 5) is 28.7. The van der Waals surface area contributed by atoms with E-state index in [1.807, 2.05) is 0 Å². The quantitative estimate of drug-likeness (QED) is 0.499. The topological polar surface area (TPSA) is 72.3 Å². The van der Waals surface area contributed by atoms with Crippen LogP contribution >= 0.6 is 0 Å². The van der Waals surface area contributed by atoms with Crippen LogP contribution in [0.1, 0.15) is 26.5 Å². The molecular weight excluding hydrogens is 373 g/mol. The van der Waals surface area contributed by atoms with Crippen LogP contribution in [0.25, 0.3) is 33.2 Å². The number of fused-ring (bicyclic) bond motifs is 2. The molecule has 2 aromatic heterocycles. The molecule has 0 amide bonds. The standard InChI is InChI=1S/C23H20FNO4/c1-23(2,3)29-18(26)12-16-22-19(20(25-16)13-8-10-14(24)11-9-13)21(27)15-6-4-5-7-17(15)28-22/h4-11,25H,12H2,1-3H3. The summed E-state index contributed by atoms with van der Waals surface area (Å²) < 4.78 is 24.8. The Morgan fingerprint density at radius 2 is 1.79 bits per heavy atom. The Bertz CT molecular complexity index is 1280. The van der Waals surface area contributed by atoms with Gasteiger partial charge < -0.3 is 14.1 Å². The number of H-pyrrole nitrogens is 1. The van der Waals surface area contributed by atoms with Crippen LogP contribution in [0.5, 0.6) is 0 Å². The number of aromatic nitrogens is 1. The Labute approximate surface area is 166 Å². The number of aromatic amines is 1. The summed E-state index contributed by atoms with van der Waals surface area (Å²) in [5.41, 5.74) is 1.43. The fourth-order valence-corrected chi connectivity index (χ4v) is 3.33. The highest BCUT2D eigenvalue weighted by molar-refractivity contribution is 6.00. The lowest BCUT2D eigenvalue weighted by atomic mass is 10.1. The molecule has 1 N–H and O–H groups in total. The van der Waals surface area contributed by atoms with E-state index in [-0.39, 0.29) is 17.7 Å². The predicted octanol–water partition coefficient (Wildman–Crippen LogP) is 4.96. The summed E-state index contributed by atoms with van der Waals surface area (Å²) in [6, 6.07) is 12.7. The van der Waals surface area contributed by atoms with Gasteiger partial charge in [-0.05, 0) is 62.7 Å². The third kappa shape index (κ3) is 3.66. The van der Waals surface area contributed by atoms with E-state index >= 15 is 0 Å². The highest BCUT2D eigenvalue weighted by atomic mass is 19.1. The number of hydrogen-bond acceptors (Lipinski definition) is 4. The zero-order valence-corrected chi connectivity index (χ0v) is 16.3. The highest BCUT2D eigenvalue weighted by Gasteiger charge is 2.23. The summed E-state index contributed by atoms with van der Waals surface area (Å²) in [5, 5.41) is 0.764. The van der Waals surface area contributed by atoms with E-state index in [2.05, 4.69) is 4.98 Å². The molecule has 0 aliphatic carbocycles. The number of benzene rings is 2. The van der Waals surface area contributed by atoms with Crippen molar-refractivity contribution in [1.29, 1.82) is 0 Å². The van der Waals surface area contributed by atoms with Crippen LogP contribution in [-0.4, -0.2) is 16.6 Å². The monoisotopic (exact) mass is 393 g/mol. The van der Waals surface area contributed by atoms with Gasteiger partial charge in [-0.1, -0.05) is 12.1 Å². The van der Waals surface area contributed by atoms with Crippen LogP contribution in [-0.2, 0) is 16.0 Å². The first-order valence-electron chi connectivity index (χ1n) is 9.27. The van der Waals surface area contributed by atoms with Gasteiger partial charge in [-0.25, -0.2) is 4.39 Å². The number of rotatable bonds is 3. The second kappa shape index (κ2) is 6.88. The number of carbonyl (C=O) groups is 1. The molecule has 4 rings (SSSR count). The Morgan fingerprint density at radius 1 is 1.10 bits per heavy atom. The normalized spacial score (nSPS) is 11.9. The molecule has 4 aromatic rings. The average molecular weight is 393 g/mol. The van der Waals surface area contributed by atoms with Crippen molar-refractivity contribution in [3.05, 3.63) is 70.3 Å². The fourth-order valence-electron chi connectivity index (χ4n) is 3.33. The Balaban J connectivity index is 1.95. The first-order valence-corrected chi connectivity index (χ1v) is 9.27. The van der Waals surface area contributed by atoms with Gasteiger partial charge in [0.25, 0.3) is 0 Å². The van der Waals surface area contributed by atoms with Crippen molar-refractivity contribution in [3.63, 3.8) is 0 Å². The molecule has 6 heteroatoms. The Kier molecular flexibility index (Phi) is 4.49.